The van der Waals surface area contributed by atoms with E-state index in [0.29, 0.717) is 0 Å². The van der Waals surface area contributed by atoms with Crippen molar-refractivity contribution < 1.29 is 0 Å². The fraction of sp³-hybridized carbons (Fsp3) is 0.154. The van der Waals surface area contributed by atoms with Crippen LogP contribution in [0.15, 0.2) is 47.6 Å². The van der Waals surface area contributed by atoms with E-state index in [0.717, 1.165) is 22.1 Å². The SMILES string of the molecule is CN1NC(c2ccc[nH]2)=NC1c1ccccc1Cl. The third-order valence-electron chi connectivity index (χ3n) is 2.94. The quantitative estimate of drug-likeness (QED) is 0.872. The van der Waals surface area contributed by atoms with Gasteiger partial charge in [0.15, 0.2) is 5.84 Å². The van der Waals surface area contributed by atoms with Gasteiger partial charge in [-0.15, -0.1) is 0 Å². The number of hydrazine groups is 1. The second kappa shape index (κ2) is 4.48. The highest BCUT2D eigenvalue weighted by Crippen LogP contribution is 2.29. The predicted molar refractivity (Wildman–Crippen MR) is 72.4 cm³/mol. The van der Waals surface area contributed by atoms with Crippen molar-refractivity contribution in [1.82, 2.24) is 15.4 Å². The Morgan fingerprint density at radius 1 is 1.22 bits per heavy atom. The Morgan fingerprint density at radius 3 is 2.78 bits per heavy atom. The van der Waals surface area contributed by atoms with Crippen LogP contribution in [0.3, 0.4) is 0 Å². The predicted octanol–water partition coefficient (Wildman–Crippen LogP) is 2.56. The number of aromatic nitrogens is 1. The zero-order valence-corrected chi connectivity index (χ0v) is 10.6. The van der Waals surface area contributed by atoms with Crippen molar-refractivity contribution in [1.29, 1.82) is 0 Å². The average molecular weight is 261 g/mol. The van der Waals surface area contributed by atoms with Gasteiger partial charge in [-0.2, -0.15) is 5.01 Å². The molecule has 1 aromatic heterocycles. The Balaban J connectivity index is 1.96. The molecule has 1 aromatic carbocycles. The van der Waals surface area contributed by atoms with Crippen LogP contribution in [0.1, 0.15) is 17.4 Å². The minimum atomic E-state index is -0.100. The van der Waals surface area contributed by atoms with E-state index in [1.807, 2.05) is 54.7 Å². The highest BCUT2D eigenvalue weighted by atomic mass is 35.5. The van der Waals surface area contributed by atoms with Crippen molar-refractivity contribution in [2.24, 2.45) is 4.99 Å². The maximum Gasteiger partial charge on any atom is 0.161 e. The molecule has 0 radical (unpaired) electrons. The molecule has 1 atom stereocenters. The van der Waals surface area contributed by atoms with Crippen LogP contribution in [0.4, 0.5) is 0 Å². The first kappa shape index (κ1) is 11.3. The number of amidine groups is 1. The standard InChI is InChI=1S/C13H13ClN4/c1-18-13(9-5-2-3-6-10(9)14)16-12(17-18)11-7-4-8-15-11/h2-8,13,15H,1H3,(H,16,17). The molecule has 92 valence electrons. The number of H-pyrrole nitrogens is 1. The summed E-state index contributed by atoms with van der Waals surface area (Å²) >= 11 is 6.21. The van der Waals surface area contributed by atoms with Gasteiger partial charge in [-0.25, -0.2) is 4.99 Å². The van der Waals surface area contributed by atoms with E-state index < -0.39 is 0 Å². The lowest BCUT2D eigenvalue weighted by molar-refractivity contribution is 0.243. The Morgan fingerprint density at radius 2 is 2.06 bits per heavy atom. The Hall–Kier alpha value is -1.78. The molecule has 1 aliphatic rings. The second-order valence-electron chi connectivity index (χ2n) is 4.18. The molecule has 1 unspecified atom stereocenters. The molecule has 1 aliphatic heterocycles. The molecule has 5 heteroatoms. The molecule has 0 saturated heterocycles. The van der Waals surface area contributed by atoms with Gasteiger partial charge in [0.25, 0.3) is 0 Å². The third kappa shape index (κ3) is 1.89. The number of aromatic amines is 1. The Labute approximate surface area is 110 Å². The van der Waals surface area contributed by atoms with Crippen molar-refractivity contribution in [2.45, 2.75) is 6.17 Å². The molecule has 2 N–H and O–H groups in total. The van der Waals surface area contributed by atoms with Gasteiger partial charge in [0.2, 0.25) is 0 Å². The summed E-state index contributed by atoms with van der Waals surface area (Å²) in [4.78, 5) is 7.79. The lowest BCUT2D eigenvalue weighted by Crippen LogP contribution is -2.34. The first-order valence-electron chi connectivity index (χ1n) is 5.71. The Bertz CT molecular complexity index is 576. The molecule has 0 aliphatic carbocycles. The van der Waals surface area contributed by atoms with E-state index in [1.165, 1.54) is 0 Å². The van der Waals surface area contributed by atoms with Crippen molar-refractivity contribution in [3.8, 4) is 0 Å². The molecule has 0 amide bonds. The minimum Gasteiger partial charge on any atom is -0.359 e. The molecule has 2 aromatic rings. The van der Waals surface area contributed by atoms with Gasteiger partial charge >= 0.3 is 0 Å². The Kier molecular flexibility index (Phi) is 2.81. The number of nitrogens with one attached hydrogen (secondary N) is 2. The number of hydrogen-bond acceptors (Lipinski definition) is 3. The molecule has 18 heavy (non-hydrogen) atoms. The molecule has 0 bridgehead atoms. The monoisotopic (exact) mass is 260 g/mol. The van der Waals surface area contributed by atoms with E-state index in [2.05, 4.69) is 15.4 Å². The largest absolute Gasteiger partial charge is 0.359 e. The van der Waals surface area contributed by atoms with Crippen LogP contribution in [0.5, 0.6) is 0 Å². The summed E-state index contributed by atoms with van der Waals surface area (Å²) in [6.07, 6.45) is 1.78. The topological polar surface area (TPSA) is 43.4 Å². The molecule has 3 rings (SSSR count). The van der Waals surface area contributed by atoms with E-state index >= 15 is 0 Å². The highest BCUT2D eigenvalue weighted by Gasteiger charge is 2.26. The summed E-state index contributed by atoms with van der Waals surface area (Å²) in [7, 11) is 1.95. The normalized spacial score (nSPS) is 19.7. The second-order valence-corrected chi connectivity index (χ2v) is 4.59. The van der Waals surface area contributed by atoms with Crippen LogP contribution in [0, 0.1) is 0 Å². The fourth-order valence-corrected chi connectivity index (χ4v) is 2.27. The molecule has 0 spiro atoms. The summed E-state index contributed by atoms with van der Waals surface area (Å²) in [6, 6.07) is 11.7. The van der Waals surface area contributed by atoms with Gasteiger partial charge in [-0.05, 0) is 18.2 Å². The van der Waals surface area contributed by atoms with Crippen LogP contribution < -0.4 is 5.43 Å². The van der Waals surface area contributed by atoms with Gasteiger partial charge in [-0.3, -0.25) is 5.43 Å². The van der Waals surface area contributed by atoms with Gasteiger partial charge in [0.1, 0.15) is 6.17 Å². The van der Waals surface area contributed by atoms with Crippen molar-refractivity contribution in [3.63, 3.8) is 0 Å². The lowest BCUT2D eigenvalue weighted by atomic mass is 10.2. The van der Waals surface area contributed by atoms with Gasteiger partial charge in [0.05, 0.1) is 5.69 Å². The average Bonchev–Trinajstić information content (AvgIpc) is 2.99. The summed E-state index contributed by atoms with van der Waals surface area (Å²) in [5.41, 5.74) is 5.19. The van der Waals surface area contributed by atoms with Gasteiger partial charge in [0, 0.05) is 23.8 Å². The highest BCUT2D eigenvalue weighted by molar-refractivity contribution is 6.31. The zero-order chi connectivity index (χ0) is 12.5. The van der Waals surface area contributed by atoms with Crippen LogP contribution in [0.2, 0.25) is 5.02 Å². The minimum absolute atomic E-state index is 0.100. The van der Waals surface area contributed by atoms with Crippen LogP contribution in [-0.4, -0.2) is 22.9 Å². The number of nitrogens with zero attached hydrogens (tertiary/aromatic N) is 2. The summed E-state index contributed by atoms with van der Waals surface area (Å²) in [5.74, 6) is 0.826. The maximum atomic E-state index is 6.21. The van der Waals surface area contributed by atoms with Gasteiger partial charge < -0.3 is 4.98 Å². The van der Waals surface area contributed by atoms with Gasteiger partial charge in [-0.1, -0.05) is 29.8 Å². The van der Waals surface area contributed by atoms with E-state index in [9.17, 15) is 0 Å². The zero-order valence-electron chi connectivity index (χ0n) is 9.89. The smallest absolute Gasteiger partial charge is 0.161 e. The molecular weight excluding hydrogens is 248 g/mol. The van der Waals surface area contributed by atoms with E-state index in [-0.39, 0.29) is 6.17 Å². The first-order chi connectivity index (χ1) is 8.75. The lowest BCUT2D eigenvalue weighted by Gasteiger charge is -2.18. The van der Waals surface area contributed by atoms with Crippen LogP contribution in [0.25, 0.3) is 0 Å². The van der Waals surface area contributed by atoms with Crippen molar-refractivity contribution in [3.05, 3.63) is 58.9 Å². The third-order valence-corrected chi connectivity index (χ3v) is 3.28. The number of rotatable bonds is 2. The van der Waals surface area contributed by atoms with E-state index in [4.69, 9.17) is 11.6 Å². The number of aliphatic imine (C=N–C) groups is 1. The summed E-state index contributed by atoms with van der Waals surface area (Å²) in [6.45, 7) is 0. The fourth-order valence-electron chi connectivity index (χ4n) is 2.04. The molecule has 2 heterocycles. The molecule has 0 fully saturated rings. The summed E-state index contributed by atoms with van der Waals surface area (Å²) in [5, 5.41) is 2.67. The maximum absolute atomic E-state index is 6.21. The molecular formula is C13H13ClN4. The van der Waals surface area contributed by atoms with Crippen LogP contribution >= 0.6 is 11.6 Å². The first-order valence-corrected chi connectivity index (χ1v) is 6.09. The van der Waals surface area contributed by atoms with Crippen LogP contribution in [-0.2, 0) is 0 Å². The number of benzene rings is 1. The summed E-state index contributed by atoms with van der Waals surface area (Å²) < 4.78 is 0. The van der Waals surface area contributed by atoms with E-state index in [1.54, 1.807) is 0 Å². The van der Waals surface area contributed by atoms with Crippen molar-refractivity contribution in [2.75, 3.05) is 7.05 Å². The molecule has 0 saturated carbocycles. The number of halogens is 1. The molecule has 4 nitrogen and oxygen atoms in total. The number of hydrogen-bond donors (Lipinski definition) is 2. The van der Waals surface area contributed by atoms with Crippen molar-refractivity contribution >= 4 is 17.4 Å².